The van der Waals surface area contributed by atoms with Gasteiger partial charge in [-0.15, -0.1) is 0 Å². The van der Waals surface area contributed by atoms with Gasteiger partial charge in [0.1, 0.15) is 6.54 Å². The molecular formula is C69H63F4N9O9. The number of fused-ring (bicyclic) bond motifs is 3. The molecule has 3 N–H and O–H groups in total. The van der Waals surface area contributed by atoms with E-state index >= 15 is 0 Å². The monoisotopic (exact) mass is 1240 g/mol. The number of rotatable bonds is 14. The lowest BCUT2D eigenvalue weighted by atomic mass is 9.83. The predicted octanol–water partition coefficient (Wildman–Crippen LogP) is 10.2. The van der Waals surface area contributed by atoms with Gasteiger partial charge in [-0.2, -0.15) is 28.5 Å². The Morgan fingerprint density at radius 3 is 1.00 bits per heavy atom. The molecule has 6 heterocycles. The second-order valence-corrected chi connectivity index (χ2v) is 22.1. The van der Waals surface area contributed by atoms with E-state index in [0.29, 0.717) is 18.0 Å². The van der Waals surface area contributed by atoms with Crippen molar-refractivity contribution in [3.63, 3.8) is 0 Å². The molecule has 6 aromatic carbocycles. The number of aromatic nitrogens is 6. The van der Waals surface area contributed by atoms with Crippen LogP contribution < -0.4 is 16.3 Å². The lowest BCUT2D eigenvalue weighted by Crippen LogP contribution is -2.50. The molecule has 3 atom stereocenters. The summed E-state index contributed by atoms with van der Waals surface area (Å²) in [6, 6.07) is 56.4. The van der Waals surface area contributed by atoms with Gasteiger partial charge in [-0.05, 0) is 52.8 Å². The molecule has 466 valence electrons. The van der Waals surface area contributed by atoms with E-state index in [-0.39, 0.29) is 54.8 Å². The topological polar surface area (TPSA) is 226 Å². The van der Waals surface area contributed by atoms with Gasteiger partial charge in [0.05, 0.1) is 42.5 Å². The molecule has 3 amide bonds. The lowest BCUT2D eigenvalue weighted by Gasteiger charge is -2.39. The zero-order valence-electron chi connectivity index (χ0n) is 49.4. The van der Waals surface area contributed by atoms with Crippen LogP contribution in [0.25, 0.3) is 0 Å². The zero-order valence-corrected chi connectivity index (χ0v) is 49.4. The number of carbonyl (C=O) groups excluding carboxylic acids is 3. The lowest BCUT2D eigenvalue weighted by molar-refractivity contribution is -0.142. The first-order chi connectivity index (χ1) is 43.8. The molecule has 0 aliphatic carbocycles. The summed E-state index contributed by atoms with van der Waals surface area (Å²) in [5.41, 5.74) is 2.72. The largest absolute Gasteiger partial charge is 0.502 e. The minimum Gasteiger partial charge on any atom is -0.502 e. The highest BCUT2D eigenvalue weighted by atomic mass is 19.4. The Hall–Kier alpha value is -10.8. The Kier molecular flexibility index (Phi) is 19.3. The third-order valence-electron chi connectivity index (χ3n) is 16.2. The highest BCUT2D eigenvalue weighted by Crippen LogP contribution is 2.43. The number of hydrogen-bond acceptors (Lipinski definition) is 12. The number of halogens is 4. The first-order valence-electron chi connectivity index (χ1n) is 29.3. The molecule has 0 radical (unpaired) electrons. The third-order valence-corrected chi connectivity index (χ3v) is 16.2. The van der Waals surface area contributed by atoms with E-state index in [0.717, 1.165) is 58.4 Å². The number of aromatic hydroxyl groups is 3. The smallest absolute Gasteiger partial charge is 0.406 e. The molecule has 0 saturated carbocycles. The molecule has 3 aliphatic heterocycles. The molecule has 3 aromatic heterocycles. The average molecular weight is 1240 g/mol. The van der Waals surface area contributed by atoms with Crippen molar-refractivity contribution in [1.29, 1.82) is 0 Å². The van der Waals surface area contributed by atoms with Crippen LogP contribution in [0.5, 0.6) is 17.2 Å². The van der Waals surface area contributed by atoms with Gasteiger partial charge in [0.15, 0.2) is 34.3 Å². The van der Waals surface area contributed by atoms with Crippen LogP contribution in [0.4, 0.5) is 17.6 Å². The van der Waals surface area contributed by atoms with Crippen molar-refractivity contribution in [1.82, 2.24) is 44.0 Å². The summed E-state index contributed by atoms with van der Waals surface area (Å²) in [5.74, 6) is -5.30. The summed E-state index contributed by atoms with van der Waals surface area (Å²) < 4.78 is 57.2. The van der Waals surface area contributed by atoms with Crippen molar-refractivity contribution < 1.29 is 47.3 Å². The van der Waals surface area contributed by atoms with E-state index in [9.17, 15) is 61.6 Å². The second kappa shape index (κ2) is 27.7. The first kappa shape index (κ1) is 63.3. The standard InChI is InChI=1S/C24H22FN3O3.C23H23N3O3.C22H18F3N3O3/c1-16(25)12-13-27-15-19(28-22(24(27)31)23(30)20(29)14-26-28)21(17-8-4-2-5-9-17)18-10-6-3-7-11-18;1-2-13-25-15-18(26-21(23(25)29)22(28)19(27)14-24-26)20(16-9-5-3-6-10-16)17-11-7-4-8-12-17;23-22(24,25)13-27-12-16(28-19(21(27)31)20(30)17(29)11-26-28)18(14-7-3-1-4-8-14)15-9-5-2-6-10-15/h2-12,14,19,21,30H,13,15H2,1H3;3-12,14,18,20,28H,2,13,15H2,1H3;1-11,16,18,30H,12-13H2/b16-12-;;. The number of amides is 3. The fraction of sp³-hybridized carbons (Fsp3) is 0.232. The molecule has 9 aromatic rings. The molecule has 12 rings (SSSR count). The molecular weight excluding hydrogens is 1170 g/mol. The van der Waals surface area contributed by atoms with Gasteiger partial charge in [0.25, 0.3) is 17.7 Å². The number of alkyl halides is 3. The normalized spacial score (nSPS) is 16.4. The minimum atomic E-state index is -4.64. The summed E-state index contributed by atoms with van der Waals surface area (Å²) in [6.45, 7) is 2.77. The van der Waals surface area contributed by atoms with Crippen LogP contribution in [0.15, 0.2) is 227 Å². The summed E-state index contributed by atoms with van der Waals surface area (Å²) in [6.07, 6.45) is 0.414. The fourth-order valence-electron chi connectivity index (χ4n) is 12.2. The number of allylic oxidation sites excluding steroid dienone is 1. The predicted molar refractivity (Wildman–Crippen MR) is 331 cm³/mol. The highest BCUT2D eigenvalue weighted by molar-refractivity contribution is 5.97. The van der Waals surface area contributed by atoms with E-state index < -0.39 is 87.6 Å². The quantitative estimate of drug-likeness (QED) is 0.0865. The molecule has 22 heteroatoms. The Morgan fingerprint density at radius 2 is 0.725 bits per heavy atom. The Labute approximate surface area is 519 Å². The molecule has 0 fully saturated rings. The summed E-state index contributed by atoms with van der Waals surface area (Å²) in [5, 5.41) is 43.7. The van der Waals surface area contributed by atoms with Crippen molar-refractivity contribution in [3.8, 4) is 17.2 Å². The van der Waals surface area contributed by atoms with E-state index in [4.69, 9.17) is 0 Å². The van der Waals surface area contributed by atoms with Gasteiger partial charge in [0, 0.05) is 50.5 Å². The molecule has 0 saturated heterocycles. The number of carbonyl (C=O) groups is 3. The van der Waals surface area contributed by atoms with Crippen LogP contribution >= 0.6 is 0 Å². The van der Waals surface area contributed by atoms with Crippen LogP contribution in [0.3, 0.4) is 0 Å². The van der Waals surface area contributed by atoms with E-state index in [1.165, 1.54) is 31.9 Å². The molecule has 18 nitrogen and oxygen atoms in total. The maximum Gasteiger partial charge on any atom is 0.406 e. The Morgan fingerprint density at radius 1 is 0.462 bits per heavy atom. The van der Waals surface area contributed by atoms with Crippen LogP contribution in [-0.4, -0.2) is 123 Å². The van der Waals surface area contributed by atoms with Crippen LogP contribution in [-0.2, 0) is 0 Å². The second-order valence-electron chi connectivity index (χ2n) is 22.1. The Bertz CT molecular complexity index is 4130. The van der Waals surface area contributed by atoms with Crippen molar-refractivity contribution in [2.45, 2.75) is 62.3 Å². The fourth-order valence-corrected chi connectivity index (χ4v) is 12.2. The van der Waals surface area contributed by atoms with Crippen molar-refractivity contribution in [2.75, 3.05) is 39.3 Å². The highest BCUT2D eigenvalue weighted by Gasteiger charge is 2.45. The molecule has 0 spiro atoms. The molecule has 0 bridgehead atoms. The third kappa shape index (κ3) is 13.8. The van der Waals surface area contributed by atoms with E-state index in [1.54, 1.807) is 4.90 Å². The summed E-state index contributed by atoms with van der Waals surface area (Å²) in [7, 11) is 0. The van der Waals surface area contributed by atoms with Crippen LogP contribution in [0.1, 0.15) is 121 Å². The number of nitrogens with zero attached hydrogens (tertiary/aromatic N) is 9. The first-order valence-corrected chi connectivity index (χ1v) is 29.3. The number of benzene rings is 6. The van der Waals surface area contributed by atoms with Gasteiger partial charge in [0.2, 0.25) is 16.3 Å². The van der Waals surface area contributed by atoms with Gasteiger partial charge >= 0.3 is 6.18 Å². The van der Waals surface area contributed by atoms with Gasteiger partial charge < -0.3 is 30.0 Å². The van der Waals surface area contributed by atoms with E-state index in [2.05, 4.69) is 39.6 Å². The maximum absolute atomic E-state index is 13.4. The zero-order chi connectivity index (χ0) is 64.5. The van der Waals surface area contributed by atoms with Gasteiger partial charge in [-0.1, -0.05) is 189 Å². The van der Waals surface area contributed by atoms with Crippen LogP contribution in [0, 0.1) is 0 Å². The minimum absolute atomic E-state index is 0.0243. The van der Waals surface area contributed by atoms with E-state index in [1.807, 2.05) is 165 Å². The molecule has 3 unspecified atom stereocenters. The van der Waals surface area contributed by atoms with Crippen molar-refractivity contribution >= 4 is 17.7 Å². The Balaban J connectivity index is 0.000000150. The van der Waals surface area contributed by atoms with Gasteiger partial charge in [-0.25, -0.2) is 4.39 Å². The molecule has 91 heavy (non-hydrogen) atoms. The number of hydrogen-bond donors (Lipinski definition) is 3. The molecule has 3 aliphatic rings. The SMILES string of the molecule is C/C(F)=C/CN1CC(C(c2ccccc2)c2ccccc2)n2ncc(=O)c(O)c2C1=O.CCCN1CC(C(c2ccccc2)c2ccccc2)n2ncc(=O)c(O)c2C1=O.O=C1c2c(O)c(=O)cnn2C(C(c2ccccc2)c2ccccc2)CN1CC(F)(F)F. The summed E-state index contributed by atoms with van der Waals surface area (Å²) in [4.78, 5) is 78.6. The van der Waals surface area contributed by atoms with Crippen molar-refractivity contribution in [2.24, 2.45) is 0 Å². The van der Waals surface area contributed by atoms with Gasteiger partial charge in [-0.3, -0.25) is 42.8 Å². The maximum atomic E-state index is 13.4. The van der Waals surface area contributed by atoms with Crippen LogP contribution in [0.2, 0.25) is 0 Å². The summed E-state index contributed by atoms with van der Waals surface area (Å²) >= 11 is 0. The van der Waals surface area contributed by atoms with Crippen molar-refractivity contribution in [3.05, 3.63) is 294 Å². The average Bonchev–Trinajstić information content (AvgIpc) is 0.773.